The number of aromatic carboxylic acids is 1. The number of hydrogen-bond donors (Lipinski definition) is 1. The average Bonchev–Trinajstić information content (AvgIpc) is 3.37. The lowest BCUT2D eigenvalue weighted by Gasteiger charge is -2.04. The van der Waals surface area contributed by atoms with E-state index in [4.69, 9.17) is 4.74 Å². The smallest absolute Gasteiger partial charge is 0.351 e. The van der Waals surface area contributed by atoms with Crippen molar-refractivity contribution < 1.29 is 23.4 Å². The Labute approximate surface area is 173 Å². The highest BCUT2D eigenvalue weighted by molar-refractivity contribution is 7.17. The molecule has 0 bridgehead atoms. The number of carboxylic acids is 1. The average molecular weight is 433 g/mol. The molecule has 156 valence electrons. The predicted octanol–water partition coefficient (Wildman–Crippen LogP) is 4.43. The van der Waals surface area contributed by atoms with E-state index in [-0.39, 0.29) is 10.8 Å². The molecule has 8 nitrogen and oxygen atoms in total. The Kier molecular flexibility index (Phi) is 4.98. The molecule has 0 saturated heterocycles. The summed E-state index contributed by atoms with van der Waals surface area (Å²) in [5, 5.41) is 18.1. The second-order valence-electron chi connectivity index (χ2n) is 6.46. The van der Waals surface area contributed by atoms with E-state index in [0.717, 1.165) is 11.3 Å². The topological polar surface area (TPSA) is 94.5 Å². The van der Waals surface area contributed by atoms with Gasteiger partial charge in [-0.2, -0.15) is 19.0 Å². The number of aryl methyl sites for hydroxylation is 1. The Hall–Kier alpha value is -3.34. The zero-order chi connectivity index (χ0) is 21.6. The predicted molar refractivity (Wildman–Crippen MR) is 106 cm³/mol. The van der Waals surface area contributed by atoms with Gasteiger partial charge in [0.15, 0.2) is 4.88 Å². The van der Waals surface area contributed by atoms with Gasteiger partial charge >= 0.3 is 12.5 Å². The minimum atomic E-state index is -2.74. The molecule has 1 N–H and O–H groups in total. The first-order valence-electron chi connectivity index (χ1n) is 9.00. The normalized spacial score (nSPS) is 11.5. The van der Waals surface area contributed by atoms with Gasteiger partial charge in [0.25, 0.3) is 0 Å². The van der Waals surface area contributed by atoms with Crippen molar-refractivity contribution in [2.45, 2.75) is 27.3 Å². The molecule has 0 aliphatic rings. The number of nitrogens with zero attached hydrogens (tertiary/aromatic N) is 5. The van der Waals surface area contributed by atoms with E-state index < -0.39 is 12.5 Å². The zero-order valence-electron chi connectivity index (χ0n) is 16.3. The number of thiazole rings is 1. The Morgan fingerprint density at radius 1 is 1.37 bits per heavy atom. The summed E-state index contributed by atoms with van der Waals surface area (Å²) in [6.45, 7) is 2.56. The number of hydrogen-bond acceptors (Lipinski definition) is 6. The minimum Gasteiger partial charge on any atom is -0.477 e. The van der Waals surface area contributed by atoms with Crippen LogP contribution in [0.2, 0.25) is 0 Å². The number of pyridine rings is 1. The van der Waals surface area contributed by atoms with E-state index in [1.807, 2.05) is 0 Å². The van der Waals surface area contributed by atoms with Crippen molar-refractivity contribution in [3.8, 4) is 27.6 Å². The fourth-order valence-corrected chi connectivity index (χ4v) is 4.19. The molecule has 4 aromatic heterocycles. The maximum absolute atomic E-state index is 13.2. The van der Waals surface area contributed by atoms with Crippen molar-refractivity contribution in [2.75, 3.05) is 6.61 Å². The van der Waals surface area contributed by atoms with Crippen LogP contribution >= 0.6 is 11.3 Å². The van der Waals surface area contributed by atoms with Gasteiger partial charge in [-0.05, 0) is 32.9 Å². The van der Waals surface area contributed by atoms with Crippen molar-refractivity contribution in [3.63, 3.8) is 0 Å². The lowest BCUT2D eigenvalue weighted by molar-refractivity contribution is 0.0541. The summed E-state index contributed by atoms with van der Waals surface area (Å²) in [5.41, 5.74) is 3.37. The summed E-state index contributed by atoms with van der Waals surface area (Å²) >= 11 is 1.01. The van der Waals surface area contributed by atoms with Crippen LogP contribution in [0.1, 0.15) is 34.5 Å². The van der Waals surface area contributed by atoms with E-state index in [2.05, 4.69) is 15.2 Å². The van der Waals surface area contributed by atoms with Gasteiger partial charge in [0.05, 0.1) is 24.0 Å². The van der Waals surface area contributed by atoms with Crippen molar-refractivity contribution in [2.24, 2.45) is 0 Å². The molecule has 0 aromatic carbocycles. The molecule has 11 heteroatoms. The number of halogens is 2. The first kappa shape index (κ1) is 20.0. The Balaban J connectivity index is 1.86. The van der Waals surface area contributed by atoms with E-state index in [0.29, 0.717) is 49.9 Å². The molecular weight excluding hydrogens is 416 g/mol. The van der Waals surface area contributed by atoms with Crippen molar-refractivity contribution in [1.29, 1.82) is 0 Å². The summed E-state index contributed by atoms with van der Waals surface area (Å²) in [6, 6.07) is 3.55. The lowest BCUT2D eigenvalue weighted by atomic mass is 10.0. The van der Waals surface area contributed by atoms with Gasteiger partial charge in [-0.3, -0.25) is 0 Å². The zero-order valence-corrected chi connectivity index (χ0v) is 17.1. The maximum Gasteiger partial charge on any atom is 0.351 e. The van der Waals surface area contributed by atoms with Crippen LogP contribution in [0, 0.1) is 13.8 Å². The molecule has 0 unspecified atom stereocenters. The largest absolute Gasteiger partial charge is 0.477 e. The van der Waals surface area contributed by atoms with Gasteiger partial charge in [-0.15, -0.1) is 11.3 Å². The van der Waals surface area contributed by atoms with Gasteiger partial charge in [-0.25, -0.2) is 19.0 Å². The maximum atomic E-state index is 13.2. The monoisotopic (exact) mass is 433 g/mol. The van der Waals surface area contributed by atoms with Crippen LogP contribution in [-0.2, 0) is 0 Å². The summed E-state index contributed by atoms with van der Waals surface area (Å²) in [4.78, 5) is 15.8. The highest BCUT2D eigenvalue weighted by Crippen LogP contribution is 2.36. The fraction of sp³-hybridized carbons (Fsp3) is 0.263. The molecule has 0 aliphatic carbocycles. The van der Waals surface area contributed by atoms with Gasteiger partial charge < -0.3 is 9.84 Å². The highest BCUT2D eigenvalue weighted by atomic mass is 32.1. The number of carbonyl (C=O) groups is 1. The molecule has 4 aromatic rings. The standard InChI is InChI=1S/C19H17F2N5O3S/c1-4-29-16-15(18(27)28)30-17(23-16)11-5-6-25-13(7-11)12(8-22-25)14-9(2)24-26(10(14)3)19(20)21/h5-8,19H,4H2,1-3H3,(H,27,28). The van der Waals surface area contributed by atoms with Crippen molar-refractivity contribution in [1.82, 2.24) is 24.4 Å². The van der Waals surface area contributed by atoms with Gasteiger partial charge in [0, 0.05) is 28.6 Å². The van der Waals surface area contributed by atoms with Crippen LogP contribution in [-0.4, -0.2) is 42.1 Å². The number of fused-ring (bicyclic) bond motifs is 1. The first-order chi connectivity index (χ1) is 14.3. The highest BCUT2D eigenvalue weighted by Gasteiger charge is 2.23. The number of carboxylic acid groups (broad SMARTS) is 1. The van der Waals surface area contributed by atoms with Crippen LogP contribution in [0.3, 0.4) is 0 Å². The molecule has 0 aliphatic heterocycles. The number of aromatic nitrogens is 5. The van der Waals surface area contributed by atoms with Gasteiger partial charge in [-0.1, -0.05) is 0 Å². The van der Waals surface area contributed by atoms with Crippen LogP contribution in [0.4, 0.5) is 8.78 Å². The summed E-state index contributed by atoms with van der Waals surface area (Å²) < 4.78 is 34.1. The molecular formula is C19H17F2N5O3S. The molecule has 0 atom stereocenters. The third-order valence-corrected chi connectivity index (χ3v) is 5.69. The van der Waals surface area contributed by atoms with Crippen LogP contribution in [0.5, 0.6) is 5.88 Å². The lowest BCUT2D eigenvalue weighted by Crippen LogP contribution is -2.02. The third-order valence-electron chi connectivity index (χ3n) is 4.62. The molecule has 0 spiro atoms. The number of alkyl halides is 2. The quantitative estimate of drug-likeness (QED) is 0.483. The second-order valence-corrected chi connectivity index (χ2v) is 7.46. The first-order valence-corrected chi connectivity index (χ1v) is 9.82. The van der Waals surface area contributed by atoms with E-state index in [1.165, 1.54) is 0 Å². The Morgan fingerprint density at radius 2 is 2.13 bits per heavy atom. The van der Waals surface area contributed by atoms with Gasteiger partial charge in [0.2, 0.25) is 5.88 Å². The SMILES string of the molecule is CCOc1nc(-c2ccn3ncc(-c4c(C)nn(C(F)F)c4C)c3c2)sc1C(=O)O. The van der Waals surface area contributed by atoms with E-state index in [1.54, 1.807) is 49.8 Å². The minimum absolute atomic E-state index is 0.0188. The summed E-state index contributed by atoms with van der Waals surface area (Å²) in [6.07, 6.45) is 3.31. The molecule has 0 saturated carbocycles. The number of rotatable bonds is 6. The summed E-state index contributed by atoms with van der Waals surface area (Å²) in [7, 11) is 0. The Bertz CT molecular complexity index is 1260. The van der Waals surface area contributed by atoms with Crippen LogP contribution in [0.15, 0.2) is 24.5 Å². The van der Waals surface area contributed by atoms with Crippen molar-refractivity contribution in [3.05, 3.63) is 40.8 Å². The molecule has 4 rings (SSSR count). The molecule has 4 heterocycles. The van der Waals surface area contributed by atoms with Crippen LogP contribution in [0.25, 0.3) is 27.2 Å². The summed E-state index contributed by atoms with van der Waals surface area (Å²) in [5.74, 6) is -1.04. The van der Waals surface area contributed by atoms with Crippen LogP contribution < -0.4 is 4.74 Å². The molecule has 0 radical (unpaired) electrons. The molecule has 0 amide bonds. The van der Waals surface area contributed by atoms with E-state index in [9.17, 15) is 18.7 Å². The Morgan fingerprint density at radius 3 is 2.77 bits per heavy atom. The fourth-order valence-electron chi connectivity index (χ4n) is 3.35. The van der Waals surface area contributed by atoms with E-state index >= 15 is 0 Å². The van der Waals surface area contributed by atoms with Crippen molar-refractivity contribution >= 4 is 22.8 Å². The molecule has 30 heavy (non-hydrogen) atoms. The second kappa shape index (κ2) is 7.48. The third kappa shape index (κ3) is 3.20. The molecule has 0 fully saturated rings. The van der Waals surface area contributed by atoms with Gasteiger partial charge in [0.1, 0.15) is 5.01 Å². The number of ether oxygens (including phenoxy) is 1.